The molecule has 2 aliphatic rings. The van der Waals surface area contributed by atoms with Crippen molar-refractivity contribution in [3.63, 3.8) is 0 Å². The van der Waals surface area contributed by atoms with Crippen LogP contribution in [0.2, 0.25) is 0 Å². The Morgan fingerprint density at radius 1 is 1.04 bits per heavy atom. The van der Waals surface area contributed by atoms with E-state index in [0.29, 0.717) is 26.1 Å². The zero-order valence-electron chi connectivity index (χ0n) is 15.2. The van der Waals surface area contributed by atoms with Crippen molar-refractivity contribution in [3.05, 3.63) is 17.6 Å². The van der Waals surface area contributed by atoms with Gasteiger partial charge in [0.2, 0.25) is 11.8 Å². The summed E-state index contributed by atoms with van der Waals surface area (Å²) in [7, 11) is 0. The third-order valence-electron chi connectivity index (χ3n) is 5.24. The van der Waals surface area contributed by atoms with Gasteiger partial charge in [-0.05, 0) is 26.7 Å². The van der Waals surface area contributed by atoms with Crippen molar-refractivity contribution in [1.82, 2.24) is 19.8 Å². The summed E-state index contributed by atoms with van der Waals surface area (Å²) in [5.41, 5.74) is 2.08. The van der Waals surface area contributed by atoms with Gasteiger partial charge in [-0.15, -0.1) is 0 Å². The highest BCUT2D eigenvalue weighted by atomic mass is 16.2. The highest BCUT2D eigenvalue weighted by Crippen LogP contribution is 2.20. The minimum atomic E-state index is 0.0606. The molecule has 0 spiro atoms. The maximum atomic E-state index is 12.6. The van der Waals surface area contributed by atoms with Crippen LogP contribution < -0.4 is 4.90 Å². The largest absolute Gasteiger partial charge is 0.353 e. The van der Waals surface area contributed by atoms with Gasteiger partial charge < -0.3 is 14.7 Å². The molecule has 1 aromatic heterocycles. The van der Waals surface area contributed by atoms with Crippen molar-refractivity contribution in [2.24, 2.45) is 0 Å². The number of hydrogen-bond acceptors (Lipinski definition) is 5. The highest BCUT2D eigenvalue weighted by Gasteiger charge is 2.26. The van der Waals surface area contributed by atoms with Crippen molar-refractivity contribution in [2.75, 3.05) is 44.2 Å². The van der Waals surface area contributed by atoms with E-state index in [2.05, 4.69) is 14.9 Å². The summed E-state index contributed by atoms with van der Waals surface area (Å²) < 4.78 is 0. The third-order valence-corrected chi connectivity index (χ3v) is 5.24. The molecule has 3 rings (SSSR count). The number of amides is 2. The zero-order chi connectivity index (χ0) is 17.8. The van der Waals surface area contributed by atoms with Crippen LogP contribution in [0.3, 0.4) is 0 Å². The van der Waals surface area contributed by atoms with Gasteiger partial charge in [-0.1, -0.05) is 6.42 Å². The molecule has 0 saturated carbocycles. The van der Waals surface area contributed by atoms with Gasteiger partial charge in [0.25, 0.3) is 0 Å². The Morgan fingerprint density at radius 3 is 2.56 bits per heavy atom. The topological polar surface area (TPSA) is 69.6 Å². The number of anilines is 1. The van der Waals surface area contributed by atoms with Crippen LogP contribution in [0.25, 0.3) is 0 Å². The predicted molar refractivity (Wildman–Crippen MR) is 95.3 cm³/mol. The van der Waals surface area contributed by atoms with Crippen LogP contribution in [-0.4, -0.2) is 70.9 Å². The van der Waals surface area contributed by atoms with Gasteiger partial charge in [-0.3, -0.25) is 9.59 Å². The van der Waals surface area contributed by atoms with Crippen molar-refractivity contribution in [1.29, 1.82) is 0 Å². The van der Waals surface area contributed by atoms with E-state index in [0.717, 1.165) is 49.4 Å². The molecule has 0 bridgehead atoms. The molecule has 0 radical (unpaired) electrons. The van der Waals surface area contributed by atoms with E-state index < -0.39 is 0 Å². The summed E-state index contributed by atoms with van der Waals surface area (Å²) >= 11 is 0. The molecule has 0 N–H and O–H groups in total. The number of carbonyl (C=O) groups excluding carboxylic acids is 2. The fourth-order valence-electron chi connectivity index (χ4n) is 3.48. The van der Waals surface area contributed by atoms with Gasteiger partial charge in [-0.2, -0.15) is 0 Å². The van der Waals surface area contributed by atoms with Gasteiger partial charge in [-0.25, -0.2) is 9.97 Å². The lowest BCUT2D eigenvalue weighted by Gasteiger charge is -2.37. The number of aromatic nitrogens is 2. The van der Waals surface area contributed by atoms with Crippen LogP contribution in [0.4, 0.5) is 5.82 Å². The van der Waals surface area contributed by atoms with E-state index >= 15 is 0 Å². The molecule has 2 fully saturated rings. The zero-order valence-corrected chi connectivity index (χ0v) is 15.2. The molecule has 3 heterocycles. The second-order valence-electron chi connectivity index (χ2n) is 6.90. The molecule has 0 aliphatic carbocycles. The van der Waals surface area contributed by atoms with Crippen LogP contribution in [0, 0.1) is 13.8 Å². The molecule has 1 aromatic rings. The first-order valence-corrected chi connectivity index (χ1v) is 9.15. The summed E-state index contributed by atoms with van der Waals surface area (Å²) in [4.78, 5) is 39.1. The minimum Gasteiger partial charge on any atom is -0.353 e. The molecule has 7 heteroatoms. The molecule has 0 unspecified atom stereocenters. The Labute approximate surface area is 149 Å². The van der Waals surface area contributed by atoms with Crippen molar-refractivity contribution >= 4 is 17.6 Å². The molecule has 0 aromatic carbocycles. The minimum absolute atomic E-state index is 0.0606. The summed E-state index contributed by atoms with van der Waals surface area (Å²) in [5, 5.41) is 0. The number of carbonyl (C=O) groups is 2. The first kappa shape index (κ1) is 17.6. The molecule has 2 saturated heterocycles. The number of nitrogens with zero attached hydrogens (tertiary/aromatic N) is 5. The van der Waals surface area contributed by atoms with Crippen LogP contribution in [-0.2, 0) is 9.59 Å². The highest BCUT2D eigenvalue weighted by molar-refractivity contribution is 5.85. The number of hydrogen-bond donors (Lipinski definition) is 0. The standard InChI is InChI=1S/C18H27N5O2/c1-14-15(2)19-13-20-18(14)22-10-8-21(9-11-22)17(25)12-23-7-5-3-4-6-16(23)24/h13H,3-12H2,1-2H3. The Balaban J connectivity index is 1.55. The van der Waals surface area contributed by atoms with E-state index in [1.807, 2.05) is 18.7 Å². The van der Waals surface area contributed by atoms with Crippen LogP contribution >= 0.6 is 0 Å². The molecule has 25 heavy (non-hydrogen) atoms. The van der Waals surface area contributed by atoms with E-state index in [9.17, 15) is 9.59 Å². The number of piperazine rings is 1. The monoisotopic (exact) mass is 345 g/mol. The summed E-state index contributed by atoms with van der Waals surface area (Å²) in [6.07, 6.45) is 5.19. The third kappa shape index (κ3) is 4.08. The molecular weight excluding hydrogens is 318 g/mol. The van der Waals surface area contributed by atoms with Crippen LogP contribution in [0.15, 0.2) is 6.33 Å². The predicted octanol–water partition coefficient (Wildman–Crippen LogP) is 1.14. The second kappa shape index (κ2) is 7.80. The summed E-state index contributed by atoms with van der Waals surface area (Å²) in [6.45, 7) is 7.82. The maximum absolute atomic E-state index is 12.6. The lowest BCUT2D eigenvalue weighted by molar-refractivity contribution is -0.140. The Morgan fingerprint density at radius 2 is 1.80 bits per heavy atom. The Hall–Kier alpha value is -2.18. The van der Waals surface area contributed by atoms with Crippen molar-refractivity contribution in [3.8, 4) is 0 Å². The fraction of sp³-hybridized carbons (Fsp3) is 0.667. The van der Waals surface area contributed by atoms with Gasteiger partial charge in [0.05, 0.1) is 6.54 Å². The number of aryl methyl sites for hydroxylation is 1. The van der Waals surface area contributed by atoms with Crippen molar-refractivity contribution in [2.45, 2.75) is 39.5 Å². The van der Waals surface area contributed by atoms with E-state index in [1.165, 1.54) is 0 Å². The molecule has 0 atom stereocenters. The molecule has 2 aliphatic heterocycles. The lowest BCUT2D eigenvalue weighted by atomic mass is 10.2. The van der Waals surface area contributed by atoms with Crippen molar-refractivity contribution < 1.29 is 9.59 Å². The molecule has 136 valence electrons. The average molecular weight is 345 g/mol. The van der Waals surface area contributed by atoms with Gasteiger partial charge in [0.15, 0.2) is 0 Å². The number of likely N-dealkylation sites (tertiary alicyclic amines) is 1. The normalized spacial score (nSPS) is 19.1. The Bertz CT molecular complexity index is 640. The van der Waals surface area contributed by atoms with E-state index in [4.69, 9.17) is 0 Å². The van der Waals surface area contributed by atoms with Gasteiger partial charge >= 0.3 is 0 Å². The summed E-state index contributed by atoms with van der Waals surface area (Å²) in [5.74, 6) is 1.14. The first-order chi connectivity index (χ1) is 12.1. The van der Waals surface area contributed by atoms with Gasteiger partial charge in [0.1, 0.15) is 12.1 Å². The SMILES string of the molecule is Cc1ncnc(N2CCN(C(=O)CN3CCCCCC3=O)CC2)c1C. The van der Waals surface area contributed by atoms with E-state index in [-0.39, 0.29) is 18.4 Å². The van der Waals surface area contributed by atoms with E-state index in [1.54, 1.807) is 11.2 Å². The second-order valence-corrected chi connectivity index (χ2v) is 6.90. The summed E-state index contributed by atoms with van der Waals surface area (Å²) in [6, 6.07) is 0. The maximum Gasteiger partial charge on any atom is 0.242 e. The number of rotatable bonds is 3. The quantitative estimate of drug-likeness (QED) is 0.822. The molecule has 7 nitrogen and oxygen atoms in total. The molecule has 2 amide bonds. The Kier molecular flexibility index (Phi) is 5.50. The lowest BCUT2D eigenvalue weighted by Crippen LogP contribution is -2.52. The first-order valence-electron chi connectivity index (χ1n) is 9.15. The van der Waals surface area contributed by atoms with Crippen LogP contribution in [0.1, 0.15) is 36.9 Å². The fourth-order valence-corrected chi connectivity index (χ4v) is 3.48. The van der Waals surface area contributed by atoms with Gasteiger partial charge in [0, 0.05) is 50.4 Å². The van der Waals surface area contributed by atoms with Crippen LogP contribution in [0.5, 0.6) is 0 Å². The molecular formula is C18H27N5O2. The average Bonchev–Trinajstić information content (AvgIpc) is 2.82. The smallest absolute Gasteiger partial charge is 0.242 e.